The molecule has 202 valence electrons. The molecule has 1 aromatic heterocycles. The summed E-state index contributed by atoms with van der Waals surface area (Å²) in [7, 11) is 0. The molecule has 1 aliphatic heterocycles. The smallest absolute Gasteiger partial charge is 0.267 e. The normalized spacial score (nSPS) is 17.9. The van der Waals surface area contributed by atoms with Crippen LogP contribution in [0.5, 0.6) is 0 Å². The molecule has 0 saturated carbocycles. The third kappa shape index (κ3) is 6.56. The molecule has 7 heteroatoms. The molecule has 39 heavy (non-hydrogen) atoms. The Hall–Kier alpha value is -3.94. The van der Waals surface area contributed by atoms with E-state index in [0.29, 0.717) is 38.3 Å². The van der Waals surface area contributed by atoms with E-state index in [9.17, 15) is 9.59 Å². The predicted molar refractivity (Wildman–Crippen MR) is 156 cm³/mol. The molecule has 5 N–H and O–H groups in total. The highest BCUT2D eigenvalue weighted by Gasteiger charge is 2.32. The number of nitrogens with two attached hydrogens (primary N) is 1. The molecule has 0 bridgehead atoms. The van der Waals surface area contributed by atoms with Crippen molar-refractivity contribution >= 4 is 22.7 Å². The average molecular weight is 524 g/mol. The van der Waals surface area contributed by atoms with Crippen molar-refractivity contribution in [3.8, 4) is 0 Å². The molecular weight excluding hydrogens is 486 g/mol. The Morgan fingerprint density at radius 1 is 0.974 bits per heavy atom. The van der Waals surface area contributed by atoms with Crippen LogP contribution in [-0.4, -0.2) is 60.0 Å². The molecular formula is C32H37N5O2. The lowest BCUT2D eigenvalue weighted by Gasteiger charge is -2.29. The number of rotatable bonds is 10. The van der Waals surface area contributed by atoms with Crippen LogP contribution in [0.3, 0.4) is 0 Å². The van der Waals surface area contributed by atoms with E-state index in [0.717, 1.165) is 23.7 Å². The van der Waals surface area contributed by atoms with Crippen LogP contribution in [0.15, 0.2) is 91.0 Å². The lowest BCUT2D eigenvalue weighted by atomic mass is 9.90. The van der Waals surface area contributed by atoms with E-state index in [1.807, 2.05) is 71.6 Å². The van der Waals surface area contributed by atoms with Crippen molar-refractivity contribution in [1.29, 1.82) is 0 Å². The van der Waals surface area contributed by atoms with Crippen molar-refractivity contribution in [2.75, 3.05) is 26.2 Å². The Labute approximate surface area is 229 Å². The Morgan fingerprint density at radius 3 is 2.31 bits per heavy atom. The van der Waals surface area contributed by atoms with Gasteiger partial charge in [0.2, 0.25) is 5.91 Å². The number of H-pyrrole nitrogens is 1. The molecule has 0 unspecified atom stereocenters. The first-order valence-electron chi connectivity index (χ1n) is 13.8. The monoisotopic (exact) mass is 523 g/mol. The minimum absolute atomic E-state index is 0.0260. The SMILES string of the molecule is NCCC[C@@H]1N[C@H](CNC(=O)c2cc3ccccc3[nH]2)CCN(CC(c2ccccc2)c2ccccc2)C1=O. The number of hydrogen-bond acceptors (Lipinski definition) is 4. The van der Waals surface area contributed by atoms with Crippen LogP contribution in [0.4, 0.5) is 0 Å². The summed E-state index contributed by atoms with van der Waals surface area (Å²) in [6, 6.07) is 30.1. The molecule has 4 aromatic rings. The second kappa shape index (κ2) is 12.7. The van der Waals surface area contributed by atoms with E-state index >= 15 is 0 Å². The molecule has 1 aliphatic rings. The van der Waals surface area contributed by atoms with Gasteiger partial charge in [0, 0.05) is 42.5 Å². The molecule has 2 amide bonds. The highest BCUT2D eigenvalue weighted by molar-refractivity contribution is 5.98. The maximum atomic E-state index is 13.8. The maximum absolute atomic E-state index is 13.8. The van der Waals surface area contributed by atoms with Gasteiger partial charge in [0.05, 0.1) is 6.04 Å². The summed E-state index contributed by atoms with van der Waals surface area (Å²) in [5.41, 5.74) is 9.66. The van der Waals surface area contributed by atoms with Crippen LogP contribution in [0, 0.1) is 0 Å². The van der Waals surface area contributed by atoms with Crippen molar-refractivity contribution in [3.63, 3.8) is 0 Å². The molecule has 5 rings (SSSR count). The van der Waals surface area contributed by atoms with Crippen molar-refractivity contribution in [2.24, 2.45) is 5.73 Å². The molecule has 0 spiro atoms. The van der Waals surface area contributed by atoms with Crippen LogP contribution >= 0.6 is 0 Å². The summed E-state index contributed by atoms with van der Waals surface area (Å²) in [4.78, 5) is 31.9. The van der Waals surface area contributed by atoms with E-state index < -0.39 is 0 Å². The molecule has 0 aliphatic carbocycles. The zero-order chi connectivity index (χ0) is 27.0. The summed E-state index contributed by atoms with van der Waals surface area (Å²) in [5, 5.41) is 7.62. The average Bonchev–Trinajstić information content (AvgIpc) is 3.36. The van der Waals surface area contributed by atoms with Gasteiger partial charge in [-0.2, -0.15) is 0 Å². The van der Waals surface area contributed by atoms with Gasteiger partial charge < -0.3 is 26.3 Å². The predicted octanol–water partition coefficient (Wildman–Crippen LogP) is 4.03. The number of aromatic nitrogens is 1. The number of amides is 2. The summed E-state index contributed by atoms with van der Waals surface area (Å²) in [5.74, 6) is 0.0293. The fourth-order valence-corrected chi connectivity index (χ4v) is 5.45. The zero-order valence-corrected chi connectivity index (χ0v) is 22.2. The quantitative estimate of drug-likeness (QED) is 0.252. The lowest BCUT2D eigenvalue weighted by molar-refractivity contribution is -0.133. The van der Waals surface area contributed by atoms with Gasteiger partial charge in [-0.25, -0.2) is 0 Å². The van der Waals surface area contributed by atoms with E-state index in [1.165, 1.54) is 11.1 Å². The van der Waals surface area contributed by atoms with Crippen LogP contribution in [0.2, 0.25) is 0 Å². The number of para-hydroxylation sites is 1. The molecule has 2 heterocycles. The topological polar surface area (TPSA) is 103 Å². The fourth-order valence-electron chi connectivity index (χ4n) is 5.45. The number of aromatic amines is 1. The Kier molecular flexibility index (Phi) is 8.71. The third-order valence-electron chi connectivity index (χ3n) is 7.58. The van der Waals surface area contributed by atoms with E-state index in [-0.39, 0.29) is 29.8 Å². The summed E-state index contributed by atoms with van der Waals surface area (Å²) < 4.78 is 0. The van der Waals surface area contributed by atoms with Crippen molar-refractivity contribution in [2.45, 2.75) is 37.3 Å². The second-order valence-electron chi connectivity index (χ2n) is 10.3. The summed E-state index contributed by atoms with van der Waals surface area (Å²) in [6.07, 6.45) is 2.17. The largest absolute Gasteiger partial charge is 0.351 e. The van der Waals surface area contributed by atoms with E-state index in [2.05, 4.69) is 39.9 Å². The summed E-state index contributed by atoms with van der Waals surface area (Å²) >= 11 is 0. The van der Waals surface area contributed by atoms with Gasteiger partial charge >= 0.3 is 0 Å². The van der Waals surface area contributed by atoms with Crippen LogP contribution in [-0.2, 0) is 4.79 Å². The van der Waals surface area contributed by atoms with Gasteiger partial charge in [0.15, 0.2) is 0 Å². The Balaban J connectivity index is 1.30. The minimum atomic E-state index is -0.335. The van der Waals surface area contributed by atoms with Crippen molar-refractivity contribution in [3.05, 3.63) is 108 Å². The molecule has 0 radical (unpaired) electrons. The third-order valence-corrected chi connectivity index (χ3v) is 7.58. The highest BCUT2D eigenvalue weighted by atomic mass is 16.2. The Morgan fingerprint density at radius 2 is 1.64 bits per heavy atom. The number of fused-ring (bicyclic) bond motifs is 1. The van der Waals surface area contributed by atoms with Crippen molar-refractivity contribution < 1.29 is 9.59 Å². The van der Waals surface area contributed by atoms with Crippen LogP contribution < -0.4 is 16.4 Å². The van der Waals surface area contributed by atoms with Gasteiger partial charge in [0.1, 0.15) is 5.69 Å². The number of benzene rings is 3. The minimum Gasteiger partial charge on any atom is -0.351 e. The lowest BCUT2D eigenvalue weighted by Crippen LogP contribution is -2.49. The summed E-state index contributed by atoms with van der Waals surface area (Å²) in [6.45, 7) is 2.19. The fraction of sp³-hybridized carbons (Fsp3) is 0.312. The van der Waals surface area contributed by atoms with Crippen molar-refractivity contribution in [1.82, 2.24) is 20.5 Å². The van der Waals surface area contributed by atoms with Gasteiger partial charge in [-0.15, -0.1) is 0 Å². The van der Waals surface area contributed by atoms with Gasteiger partial charge in [-0.1, -0.05) is 78.9 Å². The molecule has 3 aromatic carbocycles. The standard InChI is InChI=1S/C32H37N5O2/c33-18-9-16-29-32(39)37(22-27(23-10-3-1-4-11-23)24-12-5-2-6-13-24)19-17-26(35-29)21-34-31(38)30-20-25-14-7-8-15-28(25)36-30/h1-8,10-15,20,26-27,29,35-36H,9,16-19,21-22,33H2,(H,34,38)/t26-,29-/m0/s1. The molecule has 2 atom stereocenters. The van der Waals surface area contributed by atoms with Gasteiger partial charge in [-0.05, 0) is 49.1 Å². The first-order valence-corrected chi connectivity index (χ1v) is 13.8. The number of nitrogens with zero attached hydrogens (tertiary/aromatic N) is 1. The first kappa shape index (κ1) is 26.7. The number of carbonyl (C=O) groups excluding carboxylic acids is 2. The molecule has 7 nitrogen and oxygen atoms in total. The number of nitrogens with one attached hydrogen (secondary N) is 3. The highest BCUT2D eigenvalue weighted by Crippen LogP contribution is 2.27. The Bertz CT molecular complexity index is 1300. The number of carbonyl (C=O) groups is 2. The second-order valence-corrected chi connectivity index (χ2v) is 10.3. The van der Waals surface area contributed by atoms with Gasteiger partial charge in [0.25, 0.3) is 5.91 Å². The first-order chi connectivity index (χ1) is 19.1. The number of hydrogen-bond donors (Lipinski definition) is 4. The molecule has 1 fully saturated rings. The van der Waals surface area contributed by atoms with Crippen LogP contribution in [0.25, 0.3) is 10.9 Å². The molecule has 1 saturated heterocycles. The van der Waals surface area contributed by atoms with E-state index in [4.69, 9.17) is 5.73 Å². The van der Waals surface area contributed by atoms with Gasteiger partial charge in [-0.3, -0.25) is 9.59 Å². The van der Waals surface area contributed by atoms with E-state index in [1.54, 1.807) is 0 Å². The van der Waals surface area contributed by atoms with Crippen LogP contribution in [0.1, 0.15) is 46.8 Å². The maximum Gasteiger partial charge on any atom is 0.267 e. The zero-order valence-electron chi connectivity index (χ0n) is 22.2.